The molecule has 36 heavy (non-hydrogen) atoms. The van der Waals surface area contributed by atoms with E-state index in [0.717, 1.165) is 60.3 Å². The molecule has 3 aliphatic rings. The maximum Gasteiger partial charge on any atom is 0.348 e. The molecule has 7 nitrogen and oxygen atoms in total. The first kappa shape index (κ1) is 25.5. The van der Waals surface area contributed by atoms with Crippen LogP contribution in [-0.2, 0) is 8.98 Å². The van der Waals surface area contributed by atoms with E-state index >= 15 is 0 Å². The van der Waals surface area contributed by atoms with E-state index in [9.17, 15) is 19.2 Å². The van der Waals surface area contributed by atoms with E-state index in [1.165, 1.54) is 24.9 Å². The molecule has 9 heteroatoms. The van der Waals surface area contributed by atoms with Crippen LogP contribution in [0.5, 0.6) is 0 Å². The van der Waals surface area contributed by atoms with E-state index in [1.807, 2.05) is 40.7 Å². The smallest absolute Gasteiger partial charge is 0.348 e. The molecule has 1 aromatic heterocycles. The summed E-state index contributed by atoms with van der Waals surface area (Å²) in [5.74, 6) is -0.964. The quantitative estimate of drug-likeness (QED) is 0.423. The lowest BCUT2D eigenvalue weighted by Gasteiger charge is -2.53. The molecular formula is C27H34N2O5S2. The van der Waals surface area contributed by atoms with Gasteiger partial charge in [0.05, 0.1) is 25.4 Å². The molecular weight excluding hydrogens is 496 g/mol. The average molecular weight is 531 g/mol. The topological polar surface area (TPSA) is 90.3 Å². The number of aromatic carboxylic acids is 1. The fourth-order valence-electron chi connectivity index (χ4n) is 5.87. The van der Waals surface area contributed by atoms with E-state index in [0.29, 0.717) is 12.2 Å². The molecule has 1 saturated heterocycles. The summed E-state index contributed by atoms with van der Waals surface area (Å²) in [6.07, 6.45) is 10.1. The monoisotopic (exact) mass is 530 g/mol. The van der Waals surface area contributed by atoms with Gasteiger partial charge in [-0.15, -0.1) is 22.1 Å². The van der Waals surface area contributed by atoms with Crippen molar-refractivity contribution in [1.29, 1.82) is 0 Å². The predicted octanol–water partition coefficient (Wildman–Crippen LogP) is 6.53. The van der Waals surface area contributed by atoms with Crippen LogP contribution in [0.3, 0.4) is 0 Å². The van der Waals surface area contributed by atoms with Gasteiger partial charge < -0.3 is 10.0 Å². The Morgan fingerprint density at radius 3 is 2.53 bits per heavy atom. The number of rotatable bonds is 7. The van der Waals surface area contributed by atoms with Gasteiger partial charge in [0.2, 0.25) is 5.91 Å². The summed E-state index contributed by atoms with van der Waals surface area (Å²) in [6.45, 7) is 0.457. The number of carbonyl (C=O) groups is 2. The van der Waals surface area contributed by atoms with Crippen molar-refractivity contribution in [2.45, 2.75) is 57.4 Å². The Morgan fingerprint density at radius 2 is 1.89 bits per heavy atom. The van der Waals surface area contributed by atoms with Gasteiger partial charge in [0.15, 0.2) is 0 Å². The van der Waals surface area contributed by atoms with Crippen molar-refractivity contribution in [2.75, 3.05) is 25.1 Å². The van der Waals surface area contributed by atoms with Crippen molar-refractivity contribution in [3.63, 3.8) is 0 Å². The summed E-state index contributed by atoms with van der Waals surface area (Å²) in [6, 6.07) is 11.3. The molecule has 2 aliphatic carbocycles. The molecule has 1 aromatic carbocycles. The van der Waals surface area contributed by atoms with Gasteiger partial charge in [-0.2, -0.15) is 4.31 Å². The number of amides is 1. The number of hydrogen-bond acceptors (Lipinski definition) is 6. The minimum Gasteiger partial charge on any atom is -0.477 e. The number of carbonyl (C=O) groups excluding carboxylic acids is 1. The number of piperazine rings is 1. The van der Waals surface area contributed by atoms with E-state index in [-0.39, 0.29) is 29.3 Å². The minimum absolute atomic E-state index is 0.00416. The Kier molecular flexibility index (Phi) is 7.55. The minimum atomic E-state index is -2.70. The number of allylic oxidation sites excluding steroid dienone is 2. The van der Waals surface area contributed by atoms with E-state index in [4.69, 9.17) is 4.18 Å². The Morgan fingerprint density at radius 1 is 1.14 bits per heavy atom. The van der Waals surface area contributed by atoms with Crippen LogP contribution in [0.1, 0.15) is 61.0 Å². The van der Waals surface area contributed by atoms with Gasteiger partial charge in [-0.25, -0.2) is 4.79 Å². The lowest BCUT2D eigenvalue weighted by Crippen LogP contribution is -2.60. The number of carboxylic acid groups (broad SMARTS) is 1. The molecule has 0 radical (unpaired) electrons. The van der Waals surface area contributed by atoms with Crippen molar-refractivity contribution in [2.24, 2.45) is 5.92 Å². The predicted molar refractivity (Wildman–Crippen MR) is 145 cm³/mol. The summed E-state index contributed by atoms with van der Waals surface area (Å²) >= 11 is 1.21. The Hall–Kier alpha value is -2.17. The molecule has 2 heterocycles. The zero-order valence-corrected chi connectivity index (χ0v) is 22.2. The van der Waals surface area contributed by atoms with Gasteiger partial charge >= 0.3 is 5.97 Å². The Bertz CT molecular complexity index is 1140. The van der Waals surface area contributed by atoms with Gasteiger partial charge in [0, 0.05) is 16.3 Å². The van der Waals surface area contributed by atoms with Crippen LogP contribution in [0.25, 0.3) is 10.4 Å². The van der Waals surface area contributed by atoms with E-state index in [2.05, 4.69) is 6.08 Å². The third-order valence-corrected chi connectivity index (χ3v) is 11.3. The molecule has 2 N–H and O–H groups in total. The molecule has 5 rings (SSSR count). The molecule has 1 amide bonds. The van der Waals surface area contributed by atoms with E-state index in [1.54, 1.807) is 4.90 Å². The highest BCUT2D eigenvalue weighted by atomic mass is 32.3. The first-order valence-corrected chi connectivity index (χ1v) is 15.0. The van der Waals surface area contributed by atoms with Crippen molar-refractivity contribution < 1.29 is 23.4 Å². The summed E-state index contributed by atoms with van der Waals surface area (Å²) in [5, 5.41) is 10.1. The third kappa shape index (κ3) is 4.75. The molecule has 1 saturated carbocycles. The zero-order valence-electron chi connectivity index (χ0n) is 20.6. The summed E-state index contributed by atoms with van der Waals surface area (Å²) < 4.78 is 19.3. The number of benzene rings is 1. The Balaban J connectivity index is 1.55. The lowest BCUT2D eigenvalue weighted by atomic mass is 9.82. The fourth-order valence-corrected chi connectivity index (χ4v) is 9.00. The lowest BCUT2D eigenvalue weighted by molar-refractivity contribution is -0.121. The van der Waals surface area contributed by atoms with Crippen molar-refractivity contribution in [1.82, 2.24) is 4.31 Å². The van der Waals surface area contributed by atoms with Crippen LogP contribution in [0.2, 0.25) is 0 Å². The van der Waals surface area contributed by atoms with Crippen LogP contribution in [-0.4, -0.2) is 52.1 Å². The number of thiophene rings is 1. The van der Waals surface area contributed by atoms with Crippen LogP contribution in [0, 0.1) is 5.92 Å². The van der Waals surface area contributed by atoms with E-state index < -0.39 is 16.7 Å². The molecule has 2 unspecified atom stereocenters. The van der Waals surface area contributed by atoms with Crippen LogP contribution < -0.4 is 4.90 Å². The number of hydrogen-bond donors (Lipinski definition) is 2. The molecule has 2 atom stereocenters. The number of carboxylic acids is 1. The SMILES string of the molecule is COS(O)(C1=CCCC1)N1CC(=O)N(c2cc(-c3ccccc3)sc2C(=O)O)C(C2CCCCC2)C1. The first-order valence-electron chi connectivity index (χ1n) is 12.7. The largest absolute Gasteiger partial charge is 0.477 e. The highest BCUT2D eigenvalue weighted by Crippen LogP contribution is 2.59. The maximum atomic E-state index is 13.9. The van der Waals surface area contributed by atoms with Crippen molar-refractivity contribution >= 4 is 39.7 Å². The second kappa shape index (κ2) is 10.7. The van der Waals surface area contributed by atoms with Crippen LogP contribution in [0.15, 0.2) is 47.4 Å². The highest BCUT2D eigenvalue weighted by molar-refractivity contribution is 8.26. The normalized spacial score (nSPS) is 24.4. The summed E-state index contributed by atoms with van der Waals surface area (Å²) in [5.41, 5.74) is 1.41. The molecule has 2 fully saturated rings. The molecule has 0 bridgehead atoms. The van der Waals surface area contributed by atoms with Crippen LogP contribution >= 0.6 is 22.1 Å². The highest BCUT2D eigenvalue weighted by Gasteiger charge is 2.45. The van der Waals surface area contributed by atoms with Crippen molar-refractivity contribution in [3.05, 3.63) is 52.3 Å². The molecule has 2 aromatic rings. The van der Waals surface area contributed by atoms with Crippen LogP contribution in [0.4, 0.5) is 5.69 Å². The van der Waals surface area contributed by atoms with Gasteiger partial charge in [0.1, 0.15) is 4.88 Å². The number of nitrogens with zero attached hydrogens (tertiary/aromatic N) is 2. The summed E-state index contributed by atoms with van der Waals surface area (Å²) in [4.78, 5) is 29.9. The van der Waals surface area contributed by atoms with Gasteiger partial charge in [-0.1, -0.05) is 55.7 Å². The second-order valence-electron chi connectivity index (χ2n) is 9.77. The standard InChI is InChI=1S/C27H34N2O5S2/c1-34-36(33,21-14-8-9-15-21)28-17-23(19-10-4-2-5-11-19)29(25(30)18-28)22-16-24(35-26(22)27(31)32)20-12-6-3-7-13-20/h3,6-7,12-14,16,19,23,33H,2,4-5,8-11,15,17-18H2,1H3,(H,31,32). The third-order valence-electron chi connectivity index (χ3n) is 7.64. The van der Waals surface area contributed by atoms with Gasteiger partial charge in [-0.3, -0.25) is 13.5 Å². The molecule has 0 spiro atoms. The fraction of sp³-hybridized carbons (Fsp3) is 0.481. The maximum absolute atomic E-state index is 13.9. The average Bonchev–Trinajstić information content (AvgIpc) is 3.60. The second-order valence-corrected chi connectivity index (χ2v) is 13.2. The number of anilines is 1. The first-order chi connectivity index (χ1) is 17.4. The molecule has 194 valence electrons. The zero-order chi connectivity index (χ0) is 25.3. The Labute approximate surface area is 218 Å². The van der Waals surface area contributed by atoms with Gasteiger partial charge in [-0.05, 0) is 49.7 Å². The van der Waals surface area contributed by atoms with Crippen molar-refractivity contribution in [3.8, 4) is 10.4 Å². The summed E-state index contributed by atoms with van der Waals surface area (Å²) in [7, 11) is -1.18. The van der Waals surface area contributed by atoms with Gasteiger partial charge in [0.25, 0.3) is 0 Å². The molecule has 1 aliphatic heterocycles.